The maximum absolute atomic E-state index is 3.71. The Morgan fingerprint density at radius 2 is 1.00 bits per heavy atom. The van der Waals surface area contributed by atoms with Crippen molar-refractivity contribution in [2.24, 2.45) is 0 Å². The Balaban J connectivity index is 4.82. The van der Waals surface area contributed by atoms with E-state index in [0.717, 1.165) is 0 Å². The van der Waals surface area contributed by atoms with Gasteiger partial charge in [0.15, 0.2) is 0 Å². The predicted octanol–water partition coefficient (Wildman–Crippen LogP) is 2.48. The minimum absolute atomic E-state index is 0.0177. The molecular formula is C14H33N3. The summed E-state index contributed by atoms with van der Waals surface area (Å²) in [5, 5.41) is 10.7. The van der Waals surface area contributed by atoms with Crippen molar-refractivity contribution in [3.05, 3.63) is 0 Å². The fraction of sp³-hybridized carbons (Fsp3) is 1.00. The summed E-state index contributed by atoms with van der Waals surface area (Å²) in [6.45, 7) is 19.8. The van der Waals surface area contributed by atoms with E-state index in [1.54, 1.807) is 0 Å². The number of nitrogens with one attached hydrogen (secondary N) is 3. The first kappa shape index (κ1) is 16.9. The first-order chi connectivity index (χ1) is 7.22. The minimum atomic E-state index is -0.115. The first-order valence-corrected chi connectivity index (χ1v) is 6.50. The Bertz CT molecular complexity index is 247. The molecule has 0 heterocycles. The third-order valence-corrected chi connectivity index (χ3v) is 3.50. The molecule has 0 atom stereocenters. The summed E-state index contributed by atoms with van der Waals surface area (Å²) in [5.74, 6) is 0. The molecule has 0 unspecified atom stereocenters. The van der Waals surface area contributed by atoms with Crippen LogP contribution in [0.15, 0.2) is 0 Å². The van der Waals surface area contributed by atoms with E-state index < -0.39 is 0 Å². The Morgan fingerprint density at radius 3 is 1.29 bits per heavy atom. The van der Waals surface area contributed by atoms with Gasteiger partial charge in [0, 0.05) is 16.6 Å². The zero-order valence-corrected chi connectivity index (χ0v) is 13.5. The van der Waals surface area contributed by atoms with E-state index in [1.165, 1.54) is 0 Å². The van der Waals surface area contributed by atoms with Gasteiger partial charge in [-0.25, -0.2) is 0 Å². The van der Waals surface area contributed by atoms with Crippen molar-refractivity contribution in [3.8, 4) is 0 Å². The molecule has 0 fully saturated rings. The van der Waals surface area contributed by atoms with Crippen LogP contribution in [0.3, 0.4) is 0 Å². The van der Waals surface area contributed by atoms with Crippen LogP contribution >= 0.6 is 0 Å². The highest BCUT2D eigenvalue weighted by molar-refractivity contribution is 5.02. The second-order valence-corrected chi connectivity index (χ2v) is 7.62. The van der Waals surface area contributed by atoms with Gasteiger partial charge in [-0.15, -0.1) is 0 Å². The lowest BCUT2D eigenvalue weighted by atomic mass is 9.81. The van der Waals surface area contributed by atoms with E-state index in [4.69, 9.17) is 0 Å². The number of hydrogen-bond donors (Lipinski definition) is 3. The van der Waals surface area contributed by atoms with Crippen LogP contribution in [0, 0.1) is 0 Å². The summed E-state index contributed by atoms with van der Waals surface area (Å²) in [7, 11) is 2.01. The van der Waals surface area contributed by atoms with E-state index in [-0.39, 0.29) is 22.3 Å². The van der Waals surface area contributed by atoms with Crippen LogP contribution in [0.2, 0.25) is 0 Å². The van der Waals surface area contributed by atoms with E-state index in [0.29, 0.717) is 0 Å². The van der Waals surface area contributed by atoms with Gasteiger partial charge in [-0.2, -0.15) is 0 Å². The molecule has 0 aromatic heterocycles. The van der Waals surface area contributed by atoms with Gasteiger partial charge >= 0.3 is 0 Å². The molecule has 3 heteroatoms. The van der Waals surface area contributed by atoms with Gasteiger partial charge in [0.2, 0.25) is 0 Å². The highest BCUT2D eigenvalue weighted by atomic mass is 15.3. The Hall–Kier alpha value is -0.120. The fourth-order valence-electron chi connectivity index (χ4n) is 2.22. The summed E-state index contributed by atoms with van der Waals surface area (Å²) in [6, 6.07) is 0. The average molecular weight is 243 g/mol. The third kappa shape index (κ3) is 5.36. The lowest BCUT2D eigenvalue weighted by molar-refractivity contribution is 0.118. The van der Waals surface area contributed by atoms with Crippen LogP contribution < -0.4 is 16.0 Å². The van der Waals surface area contributed by atoms with Crippen molar-refractivity contribution in [2.45, 2.75) is 84.6 Å². The van der Waals surface area contributed by atoms with Gasteiger partial charge in [0.25, 0.3) is 0 Å². The predicted molar refractivity (Wildman–Crippen MR) is 77.3 cm³/mol. The lowest BCUT2D eigenvalue weighted by Crippen LogP contribution is -2.71. The fourth-order valence-corrected chi connectivity index (χ4v) is 2.22. The molecule has 3 nitrogen and oxygen atoms in total. The van der Waals surface area contributed by atoms with E-state index in [1.807, 2.05) is 7.05 Å². The normalized spacial score (nSPS) is 15.2. The van der Waals surface area contributed by atoms with Crippen molar-refractivity contribution < 1.29 is 0 Å². The summed E-state index contributed by atoms with van der Waals surface area (Å²) in [5.41, 5.74) is -0.0282. The Kier molecular flexibility index (Phi) is 4.83. The highest BCUT2D eigenvalue weighted by Crippen LogP contribution is 2.23. The molecular weight excluding hydrogens is 210 g/mol. The van der Waals surface area contributed by atoms with Crippen molar-refractivity contribution in [2.75, 3.05) is 7.05 Å². The zero-order chi connectivity index (χ0) is 14.1. The standard InChI is InChI=1S/C14H33N3/c1-11(2,3)16-14(8,9)17-13(6,7)12(4,5)15-10/h15-17H,1-10H3. The maximum atomic E-state index is 3.71. The molecule has 0 aliphatic heterocycles. The molecule has 0 rings (SSSR count). The molecule has 0 amide bonds. The molecule has 0 bridgehead atoms. The van der Waals surface area contributed by atoms with E-state index in [9.17, 15) is 0 Å². The molecule has 0 saturated carbocycles. The summed E-state index contributed by atoms with van der Waals surface area (Å²) >= 11 is 0. The van der Waals surface area contributed by atoms with Crippen molar-refractivity contribution in [1.82, 2.24) is 16.0 Å². The molecule has 0 aromatic rings. The molecule has 17 heavy (non-hydrogen) atoms. The zero-order valence-electron chi connectivity index (χ0n) is 13.5. The largest absolute Gasteiger partial charge is 0.313 e. The summed E-state index contributed by atoms with van der Waals surface area (Å²) in [4.78, 5) is 0. The maximum Gasteiger partial charge on any atom is 0.0637 e. The molecule has 0 aliphatic rings. The van der Waals surface area contributed by atoms with Crippen LogP contribution in [0.25, 0.3) is 0 Å². The second kappa shape index (κ2) is 4.87. The third-order valence-electron chi connectivity index (χ3n) is 3.50. The molecule has 104 valence electrons. The van der Waals surface area contributed by atoms with Gasteiger partial charge < -0.3 is 5.32 Å². The highest BCUT2D eigenvalue weighted by Gasteiger charge is 2.39. The smallest absolute Gasteiger partial charge is 0.0637 e. The summed E-state index contributed by atoms with van der Waals surface area (Å²) < 4.78 is 0. The molecule has 3 N–H and O–H groups in total. The van der Waals surface area contributed by atoms with Crippen LogP contribution in [0.5, 0.6) is 0 Å². The Morgan fingerprint density at radius 1 is 0.588 bits per heavy atom. The number of hydrogen-bond acceptors (Lipinski definition) is 3. The van der Waals surface area contributed by atoms with Crippen LogP contribution in [0.4, 0.5) is 0 Å². The van der Waals surface area contributed by atoms with Crippen molar-refractivity contribution in [1.29, 1.82) is 0 Å². The topological polar surface area (TPSA) is 36.1 Å². The van der Waals surface area contributed by atoms with Crippen LogP contribution in [-0.2, 0) is 0 Å². The SMILES string of the molecule is CNC(C)(C)C(C)(C)NC(C)(C)NC(C)(C)C. The van der Waals surface area contributed by atoms with Crippen molar-refractivity contribution in [3.63, 3.8) is 0 Å². The van der Waals surface area contributed by atoms with Gasteiger partial charge in [-0.3, -0.25) is 10.6 Å². The van der Waals surface area contributed by atoms with E-state index >= 15 is 0 Å². The monoisotopic (exact) mass is 243 g/mol. The van der Waals surface area contributed by atoms with Crippen LogP contribution in [-0.4, -0.2) is 29.3 Å². The molecule has 0 radical (unpaired) electrons. The first-order valence-electron chi connectivity index (χ1n) is 6.50. The van der Waals surface area contributed by atoms with Gasteiger partial charge in [0.05, 0.1) is 5.66 Å². The molecule has 0 aliphatic carbocycles. The van der Waals surface area contributed by atoms with Crippen molar-refractivity contribution >= 4 is 0 Å². The van der Waals surface area contributed by atoms with Crippen LogP contribution in [0.1, 0.15) is 62.3 Å². The summed E-state index contributed by atoms with van der Waals surface area (Å²) in [6.07, 6.45) is 0. The van der Waals surface area contributed by atoms with Gasteiger partial charge in [-0.05, 0) is 69.4 Å². The number of rotatable bonds is 5. The molecule has 0 saturated heterocycles. The second-order valence-electron chi connectivity index (χ2n) is 7.62. The quantitative estimate of drug-likeness (QED) is 0.649. The number of likely N-dealkylation sites (N-methyl/N-ethyl adjacent to an activating group) is 1. The van der Waals surface area contributed by atoms with Gasteiger partial charge in [0.1, 0.15) is 0 Å². The van der Waals surface area contributed by atoms with Gasteiger partial charge in [-0.1, -0.05) is 0 Å². The molecule has 0 aromatic carbocycles. The molecule has 0 spiro atoms. The lowest BCUT2D eigenvalue weighted by Gasteiger charge is -2.49. The minimum Gasteiger partial charge on any atom is -0.313 e. The Labute approximate surface area is 108 Å². The van der Waals surface area contributed by atoms with E-state index in [2.05, 4.69) is 78.3 Å². The average Bonchev–Trinajstić information content (AvgIpc) is 1.96.